The van der Waals surface area contributed by atoms with Gasteiger partial charge >= 0.3 is 0 Å². The average Bonchev–Trinajstić information content (AvgIpc) is 3.29. The number of methoxy groups -OCH3 is 1. The van der Waals surface area contributed by atoms with Crippen LogP contribution in [0.1, 0.15) is 20.9 Å². The van der Waals surface area contributed by atoms with Crippen LogP contribution in [0.15, 0.2) is 30.3 Å². The second-order valence-corrected chi connectivity index (χ2v) is 8.36. The van der Waals surface area contributed by atoms with E-state index >= 15 is 0 Å². The molecule has 0 spiro atoms. The first-order valence-corrected chi connectivity index (χ1v) is 10.6. The van der Waals surface area contributed by atoms with Crippen LogP contribution in [-0.4, -0.2) is 71.9 Å². The van der Waals surface area contributed by atoms with E-state index in [1.165, 1.54) is 23.5 Å². The van der Waals surface area contributed by atoms with Crippen LogP contribution in [0.2, 0.25) is 0 Å². The highest BCUT2D eigenvalue weighted by Crippen LogP contribution is 2.30. The van der Waals surface area contributed by atoms with Crippen LogP contribution in [-0.2, 0) is 11.3 Å². The summed E-state index contributed by atoms with van der Waals surface area (Å²) in [4.78, 5) is 19.0. The largest absolute Gasteiger partial charge is 0.383 e. The van der Waals surface area contributed by atoms with Crippen molar-refractivity contribution in [1.82, 2.24) is 19.6 Å². The summed E-state index contributed by atoms with van der Waals surface area (Å²) in [6.07, 6.45) is 0. The van der Waals surface area contributed by atoms with Gasteiger partial charge in [0, 0.05) is 45.2 Å². The van der Waals surface area contributed by atoms with Crippen LogP contribution >= 0.6 is 11.3 Å². The topological polar surface area (TPSA) is 50.6 Å². The Balaban J connectivity index is 1.49. The number of carbonyl (C=O) groups is 1. The minimum Gasteiger partial charge on any atom is -0.383 e. The molecule has 0 bridgehead atoms. The Morgan fingerprint density at radius 2 is 1.93 bits per heavy atom. The minimum atomic E-state index is -0.248. The molecule has 0 N–H and O–H groups in total. The molecule has 2 aromatic heterocycles. The van der Waals surface area contributed by atoms with E-state index in [1.807, 2.05) is 22.6 Å². The van der Waals surface area contributed by atoms with Crippen molar-refractivity contribution in [3.8, 4) is 0 Å². The maximum Gasteiger partial charge on any atom is 0.264 e. The zero-order valence-electron chi connectivity index (χ0n) is 16.7. The normalized spacial score (nSPS) is 15.3. The van der Waals surface area contributed by atoms with Crippen molar-refractivity contribution in [3.05, 3.63) is 52.3 Å². The van der Waals surface area contributed by atoms with Gasteiger partial charge in [0.2, 0.25) is 0 Å². The van der Waals surface area contributed by atoms with Crippen molar-refractivity contribution >= 4 is 27.5 Å². The second-order valence-electron chi connectivity index (χ2n) is 7.33. The number of hydrogen-bond donors (Lipinski definition) is 0. The number of fused-ring (bicyclic) bond motifs is 1. The molecule has 0 atom stereocenters. The summed E-state index contributed by atoms with van der Waals surface area (Å²) in [6.45, 7) is 7.34. The zero-order chi connectivity index (χ0) is 20.4. The molecule has 1 aromatic carbocycles. The molecule has 154 valence electrons. The third-order valence-electron chi connectivity index (χ3n) is 5.33. The lowest BCUT2D eigenvalue weighted by Crippen LogP contribution is -2.49. The predicted octanol–water partition coefficient (Wildman–Crippen LogP) is 3.00. The van der Waals surface area contributed by atoms with Gasteiger partial charge < -0.3 is 9.64 Å². The molecule has 29 heavy (non-hydrogen) atoms. The van der Waals surface area contributed by atoms with Gasteiger partial charge in [0.1, 0.15) is 10.6 Å². The molecule has 1 aliphatic heterocycles. The van der Waals surface area contributed by atoms with Gasteiger partial charge in [-0.2, -0.15) is 5.10 Å². The fourth-order valence-electron chi connectivity index (χ4n) is 3.64. The summed E-state index contributed by atoms with van der Waals surface area (Å²) < 4.78 is 20.2. The first kappa shape index (κ1) is 20.0. The number of carbonyl (C=O) groups excluding carboxylic acids is 1. The summed E-state index contributed by atoms with van der Waals surface area (Å²) >= 11 is 1.49. The lowest BCUT2D eigenvalue weighted by Gasteiger charge is -2.34. The lowest BCUT2D eigenvalue weighted by atomic mass is 10.2. The molecule has 1 amide bonds. The average molecular weight is 417 g/mol. The third kappa shape index (κ3) is 4.34. The molecule has 4 rings (SSSR count). The Kier molecular flexibility index (Phi) is 5.94. The van der Waals surface area contributed by atoms with Gasteiger partial charge in [-0.3, -0.25) is 14.4 Å². The van der Waals surface area contributed by atoms with E-state index in [-0.39, 0.29) is 11.7 Å². The molecule has 0 aliphatic carbocycles. The Morgan fingerprint density at radius 3 is 2.62 bits per heavy atom. The predicted molar refractivity (Wildman–Crippen MR) is 112 cm³/mol. The number of benzene rings is 1. The maximum absolute atomic E-state index is 13.2. The summed E-state index contributed by atoms with van der Waals surface area (Å²) in [5.41, 5.74) is 1.88. The number of piperazine rings is 1. The van der Waals surface area contributed by atoms with Crippen molar-refractivity contribution in [2.24, 2.45) is 0 Å². The fraction of sp³-hybridized carbons (Fsp3) is 0.429. The van der Waals surface area contributed by atoms with Crippen LogP contribution in [0.4, 0.5) is 4.39 Å². The van der Waals surface area contributed by atoms with E-state index in [0.29, 0.717) is 13.2 Å². The number of nitrogens with zero attached hydrogens (tertiary/aromatic N) is 4. The molecule has 1 saturated heterocycles. The molecule has 1 fully saturated rings. The molecule has 8 heteroatoms. The highest BCUT2D eigenvalue weighted by molar-refractivity contribution is 7.20. The summed E-state index contributed by atoms with van der Waals surface area (Å²) in [6, 6.07) is 8.40. The minimum absolute atomic E-state index is 0.0883. The molecule has 0 radical (unpaired) electrons. The van der Waals surface area contributed by atoms with E-state index in [2.05, 4.69) is 10.00 Å². The van der Waals surface area contributed by atoms with E-state index < -0.39 is 0 Å². The Hall–Kier alpha value is -2.29. The molecule has 0 saturated carbocycles. The van der Waals surface area contributed by atoms with Gasteiger partial charge in [0.05, 0.1) is 23.7 Å². The number of aromatic nitrogens is 2. The highest BCUT2D eigenvalue weighted by atomic mass is 32.1. The zero-order valence-corrected chi connectivity index (χ0v) is 17.5. The van der Waals surface area contributed by atoms with E-state index in [1.54, 1.807) is 19.2 Å². The van der Waals surface area contributed by atoms with Crippen LogP contribution in [0.5, 0.6) is 0 Å². The molecular weight excluding hydrogens is 391 g/mol. The standard InChI is InChI=1S/C21H25FN4O2S/c1-15-18-13-19(20(27)25-9-7-24(8-10-25)11-12-28-2)29-21(18)26(23-15)14-16-3-5-17(22)6-4-16/h3-6,13H,7-12,14H2,1-2H3. The van der Waals surface area contributed by atoms with Gasteiger partial charge in [0.25, 0.3) is 5.91 Å². The number of halogens is 1. The first-order valence-electron chi connectivity index (χ1n) is 9.77. The molecule has 3 aromatic rings. The monoisotopic (exact) mass is 416 g/mol. The van der Waals surface area contributed by atoms with Crippen molar-refractivity contribution in [3.63, 3.8) is 0 Å². The van der Waals surface area contributed by atoms with E-state index in [4.69, 9.17) is 4.74 Å². The Bertz CT molecular complexity index is 990. The van der Waals surface area contributed by atoms with Gasteiger partial charge in [0.15, 0.2) is 0 Å². The molecule has 0 unspecified atom stereocenters. The number of ether oxygens (including phenoxy) is 1. The molecule has 1 aliphatic rings. The van der Waals surface area contributed by atoms with Gasteiger partial charge in [-0.15, -0.1) is 11.3 Å². The Morgan fingerprint density at radius 1 is 1.21 bits per heavy atom. The number of aryl methyl sites for hydroxylation is 1. The van der Waals surface area contributed by atoms with Crippen LogP contribution in [0.25, 0.3) is 10.2 Å². The smallest absolute Gasteiger partial charge is 0.264 e. The molecule has 3 heterocycles. The Labute approximate surface area is 173 Å². The number of thiophene rings is 1. The maximum atomic E-state index is 13.2. The fourth-order valence-corrected chi connectivity index (χ4v) is 4.77. The summed E-state index contributed by atoms with van der Waals surface area (Å²) in [5.74, 6) is -0.160. The SMILES string of the molecule is COCCN1CCN(C(=O)c2cc3c(C)nn(Cc4ccc(F)cc4)c3s2)CC1. The van der Waals surface area contributed by atoms with Gasteiger partial charge in [-0.05, 0) is 30.7 Å². The number of amides is 1. The molecular formula is C21H25FN4O2S. The highest BCUT2D eigenvalue weighted by Gasteiger charge is 2.24. The van der Waals surface area contributed by atoms with Crippen molar-refractivity contribution in [2.45, 2.75) is 13.5 Å². The van der Waals surface area contributed by atoms with Gasteiger partial charge in [-0.1, -0.05) is 12.1 Å². The summed E-state index contributed by atoms with van der Waals surface area (Å²) in [5, 5.41) is 5.62. The van der Waals surface area contributed by atoms with E-state index in [0.717, 1.165) is 59.1 Å². The lowest BCUT2D eigenvalue weighted by molar-refractivity contribution is 0.0598. The third-order valence-corrected chi connectivity index (χ3v) is 6.47. The first-order chi connectivity index (χ1) is 14.0. The van der Waals surface area contributed by atoms with Crippen LogP contribution in [0, 0.1) is 12.7 Å². The number of rotatable bonds is 6. The van der Waals surface area contributed by atoms with Crippen molar-refractivity contribution in [1.29, 1.82) is 0 Å². The quantitative estimate of drug-likeness (QED) is 0.620. The van der Waals surface area contributed by atoms with Crippen LogP contribution < -0.4 is 0 Å². The second kappa shape index (κ2) is 8.61. The molecule has 6 nitrogen and oxygen atoms in total. The summed E-state index contributed by atoms with van der Waals surface area (Å²) in [7, 11) is 1.71. The van der Waals surface area contributed by atoms with E-state index in [9.17, 15) is 9.18 Å². The van der Waals surface area contributed by atoms with Crippen molar-refractivity contribution < 1.29 is 13.9 Å². The van der Waals surface area contributed by atoms with Crippen molar-refractivity contribution in [2.75, 3.05) is 46.4 Å². The van der Waals surface area contributed by atoms with Crippen LogP contribution in [0.3, 0.4) is 0 Å². The van der Waals surface area contributed by atoms with Gasteiger partial charge in [-0.25, -0.2) is 4.39 Å². The number of hydrogen-bond acceptors (Lipinski definition) is 5.